The standard InChI is InChI=1S/C25H31Cl2N2O4PS/c1-5-32-34(30,33-6-2)17-29-23(16-31-15-19-10-8-7-9-11-19)28-24(18(3)4)25(29)35-22-13-20(26)12-21(27)14-22/h7-14,18H,5-6,15-17H2,1-4H3. The molecule has 1 heterocycles. The van der Waals surface area contributed by atoms with Gasteiger partial charge in [0.1, 0.15) is 23.7 Å². The first-order valence-electron chi connectivity index (χ1n) is 11.5. The van der Waals surface area contributed by atoms with Crippen LogP contribution in [0.2, 0.25) is 10.0 Å². The van der Waals surface area contributed by atoms with E-state index < -0.39 is 7.60 Å². The highest BCUT2D eigenvalue weighted by molar-refractivity contribution is 7.99. The molecule has 0 aliphatic rings. The molecule has 0 aliphatic heterocycles. The fraction of sp³-hybridized carbons (Fsp3) is 0.400. The lowest BCUT2D eigenvalue weighted by Crippen LogP contribution is -2.11. The zero-order valence-corrected chi connectivity index (χ0v) is 23.6. The van der Waals surface area contributed by atoms with Crippen LogP contribution in [0, 0.1) is 0 Å². The molecule has 190 valence electrons. The molecule has 3 aromatic rings. The zero-order chi connectivity index (χ0) is 25.4. The molecule has 35 heavy (non-hydrogen) atoms. The van der Waals surface area contributed by atoms with Crippen LogP contribution in [0.15, 0.2) is 58.5 Å². The van der Waals surface area contributed by atoms with Crippen molar-refractivity contribution in [3.05, 3.63) is 75.7 Å². The molecule has 0 radical (unpaired) electrons. The van der Waals surface area contributed by atoms with Gasteiger partial charge in [-0.1, -0.05) is 79.1 Å². The van der Waals surface area contributed by atoms with Crippen LogP contribution in [0.1, 0.15) is 50.7 Å². The van der Waals surface area contributed by atoms with Crippen molar-refractivity contribution in [3.8, 4) is 0 Å². The van der Waals surface area contributed by atoms with Crippen LogP contribution in [0.25, 0.3) is 0 Å². The molecule has 0 amide bonds. The number of nitrogens with zero attached hydrogens (tertiary/aromatic N) is 2. The Morgan fingerprint density at radius 2 is 1.63 bits per heavy atom. The number of hydrogen-bond acceptors (Lipinski definition) is 6. The van der Waals surface area contributed by atoms with Crippen LogP contribution in [0.4, 0.5) is 0 Å². The molecule has 0 saturated carbocycles. The smallest absolute Gasteiger partial charge is 0.350 e. The van der Waals surface area contributed by atoms with Crippen molar-refractivity contribution in [2.45, 2.75) is 63.0 Å². The Kier molecular flexibility index (Phi) is 10.7. The van der Waals surface area contributed by atoms with E-state index in [2.05, 4.69) is 13.8 Å². The van der Waals surface area contributed by atoms with E-state index in [0.29, 0.717) is 22.5 Å². The zero-order valence-electron chi connectivity index (χ0n) is 20.4. The molecule has 0 fully saturated rings. The number of benzene rings is 2. The summed E-state index contributed by atoms with van der Waals surface area (Å²) in [5.74, 6) is 0.764. The molecular weight excluding hydrogens is 526 g/mol. The number of aromatic nitrogens is 2. The lowest BCUT2D eigenvalue weighted by molar-refractivity contribution is 0.0989. The minimum absolute atomic E-state index is 0.0229. The summed E-state index contributed by atoms with van der Waals surface area (Å²) in [5, 5.41) is 1.91. The minimum Gasteiger partial charge on any atom is -0.369 e. The molecule has 2 aromatic carbocycles. The normalized spacial score (nSPS) is 12.0. The molecule has 0 aliphatic carbocycles. The summed E-state index contributed by atoms with van der Waals surface area (Å²) in [5.41, 5.74) is 1.93. The number of halogens is 2. The SMILES string of the molecule is CCOP(=O)(Cn1c(COCc2ccccc2)nc(C(C)C)c1Sc1cc(Cl)cc(Cl)c1)OCC. The van der Waals surface area contributed by atoms with Gasteiger partial charge in [-0.25, -0.2) is 4.98 Å². The van der Waals surface area contributed by atoms with Gasteiger partial charge in [-0.2, -0.15) is 0 Å². The lowest BCUT2D eigenvalue weighted by atomic mass is 10.2. The highest BCUT2D eigenvalue weighted by atomic mass is 35.5. The van der Waals surface area contributed by atoms with E-state index in [1.54, 1.807) is 19.9 Å². The molecule has 0 atom stereocenters. The van der Waals surface area contributed by atoms with Crippen LogP contribution < -0.4 is 0 Å². The van der Waals surface area contributed by atoms with E-state index in [4.69, 9.17) is 42.0 Å². The van der Waals surface area contributed by atoms with Crippen molar-refractivity contribution in [2.24, 2.45) is 0 Å². The Morgan fingerprint density at radius 1 is 1.00 bits per heavy atom. The van der Waals surface area contributed by atoms with Gasteiger partial charge < -0.3 is 18.4 Å². The summed E-state index contributed by atoms with van der Waals surface area (Å²) >= 11 is 14.0. The van der Waals surface area contributed by atoms with Gasteiger partial charge in [0.25, 0.3) is 0 Å². The van der Waals surface area contributed by atoms with E-state index in [-0.39, 0.29) is 32.0 Å². The Morgan fingerprint density at radius 3 is 2.20 bits per heavy atom. The predicted octanol–water partition coefficient (Wildman–Crippen LogP) is 8.40. The Labute approximate surface area is 221 Å². The Hall–Kier alpha value is -1.31. The molecule has 0 saturated heterocycles. The predicted molar refractivity (Wildman–Crippen MR) is 143 cm³/mol. The maximum Gasteiger partial charge on any atom is 0.350 e. The van der Waals surface area contributed by atoms with Gasteiger partial charge in [0, 0.05) is 14.9 Å². The van der Waals surface area contributed by atoms with E-state index >= 15 is 0 Å². The first kappa shape index (κ1) is 28.3. The first-order chi connectivity index (χ1) is 16.7. The van der Waals surface area contributed by atoms with Crippen LogP contribution in [-0.2, 0) is 37.8 Å². The highest BCUT2D eigenvalue weighted by Crippen LogP contribution is 2.51. The van der Waals surface area contributed by atoms with Gasteiger partial charge in [0.2, 0.25) is 0 Å². The monoisotopic (exact) mass is 556 g/mol. The largest absolute Gasteiger partial charge is 0.369 e. The van der Waals surface area contributed by atoms with Crippen molar-refractivity contribution >= 4 is 42.6 Å². The van der Waals surface area contributed by atoms with E-state index in [9.17, 15) is 4.57 Å². The molecule has 0 N–H and O–H groups in total. The summed E-state index contributed by atoms with van der Waals surface area (Å²) in [6, 6.07) is 15.3. The Balaban J connectivity index is 2.01. The van der Waals surface area contributed by atoms with Crippen molar-refractivity contribution < 1.29 is 18.3 Å². The van der Waals surface area contributed by atoms with Gasteiger partial charge in [0.05, 0.1) is 25.5 Å². The summed E-state index contributed by atoms with van der Waals surface area (Å²) in [6.45, 7) is 8.96. The third-order valence-electron chi connectivity index (χ3n) is 4.93. The van der Waals surface area contributed by atoms with Crippen molar-refractivity contribution in [3.63, 3.8) is 0 Å². The molecule has 0 bridgehead atoms. The second-order valence-corrected chi connectivity index (χ2v) is 12.0. The number of ether oxygens (including phenoxy) is 1. The van der Waals surface area contributed by atoms with Crippen molar-refractivity contribution in [2.75, 3.05) is 13.2 Å². The fourth-order valence-electron chi connectivity index (χ4n) is 3.46. The molecule has 3 rings (SSSR count). The fourth-order valence-corrected chi connectivity index (χ4v) is 7.15. The van der Waals surface area contributed by atoms with Gasteiger partial charge in [-0.05, 0) is 43.5 Å². The average Bonchev–Trinajstić information content (AvgIpc) is 3.11. The van der Waals surface area contributed by atoms with Crippen LogP contribution in [-0.4, -0.2) is 22.8 Å². The quantitative estimate of drug-likeness (QED) is 0.197. The van der Waals surface area contributed by atoms with Gasteiger partial charge in [-0.15, -0.1) is 0 Å². The van der Waals surface area contributed by atoms with Crippen LogP contribution in [0.5, 0.6) is 0 Å². The maximum atomic E-state index is 13.5. The van der Waals surface area contributed by atoms with Gasteiger partial charge in [0.15, 0.2) is 0 Å². The second-order valence-electron chi connectivity index (χ2n) is 8.07. The Bertz CT molecular complexity index is 1130. The summed E-state index contributed by atoms with van der Waals surface area (Å²) in [7, 11) is -3.42. The molecule has 1 aromatic heterocycles. The van der Waals surface area contributed by atoms with Gasteiger partial charge in [-0.3, -0.25) is 4.57 Å². The minimum atomic E-state index is -3.42. The van der Waals surface area contributed by atoms with E-state index in [1.807, 2.05) is 47.0 Å². The average molecular weight is 557 g/mol. The van der Waals surface area contributed by atoms with Crippen LogP contribution >= 0.6 is 42.6 Å². The van der Waals surface area contributed by atoms with Crippen molar-refractivity contribution in [1.82, 2.24) is 9.55 Å². The topological polar surface area (TPSA) is 62.6 Å². The third kappa shape index (κ3) is 8.09. The van der Waals surface area contributed by atoms with E-state index in [0.717, 1.165) is 21.2 Å². The maximum absolute atomic E-state index is 13.5. The molecular formula is C25H31Cl2N2O4PS. The number of hydrogen-bond donors (Lipinski definition) is 0. The molecule has 0 unspecified atom stereocenters. The van der Waals surface area contributed by atoms with E-state index in [1.165, 1.54) is 11.8 Å². The lowest BCUT2D eigenvalue weighted by Gasteiger charge is -2.20. The third-order valence-corrected chi connectivity index (χ3v) is 8.39. The molecule has 6 nitrogen and oxygen atoms in total. The molecule has 0 spiro atoms. The summed E-state index contributed by atoms with van der Waals surface area (Å²) < 4.78 is 32.7. The van der Waals surface area contributed by atoms with Crippen LogP contribution in [0.3, 0.4) is 0 Å². The van der Waals surface area contributed by atoms with Crippen molar-refractivity contribution in [1.29, 1.82) is 0 Å². The second kappa shape index (κ2) is 13.3. The summed E-state index contributed by atoms with van der Waals surface area (Å²) in [6.07, 6.45) is 0.0229. The number of rotatable bonds is 13. The molecule has 10 heteroatoms. The van der Waals surface area contributed by atoms with Gasteiger partial charge >= 0.3 is 7.60 Å². The first-order valence-corrected chi connectivity index (χ1v) is 14.8. The summed E-state index contributed by atoms with van der Waals surface area (Å²) in [4.78, 5) is 5.76. The number of imidazole rings is 1. The highest BCUT2D eigenvalue weighted by Gasteiger charge is 2.30.